The Bertz CT molecular complexity index is 118. The third-order valence-electron chi connectivity index (χ3n) is 0.496. The molecule has 0 fully saturated rings. The van der Waals surface area contributed by atoms with E-state index in [0.29, 0.717) is 0 Å². The molecule has 0 saturated heterocycles. The minimum Gasteiger partial charge on any atom is -0.368 e. The fourth-order valence-electron chi connectivity index (χ4n) is 0.278. The molecule has 0 aromatic carbocycles. The fourth-order valence-corrected chi connectivity index (χ4v) is 0.278. The van der Waals surface area contributed by atoms with E-state index in [1.807, 2.05) is 45.3 Å². The molecule has 0 aliphatic heterocycles. The topological polar surface area (TPSA) is 41.8 Å². The Balaban J connectivity index is 0. The van der Waals surface area contributed by atoms with Crippen LogP contribution in [0.3, 0.4) is 0 Å². The Labute approximate surface area is 75.6 Å². The number of rotatable bonds is 0. The molecule has 3 heteroatoms. The molecule has 0 saturated carbocycles. The van der Waals surface area contributed by atoms with Gasteiger partial charge in [0.15, 0.2) is 0 Å². The number of nitrogens with one attached hydrogen (secondary N) is 1. The molecule has 0 amide bonds. The van der Waals surface area contributed by atoms with Crippen LogP contribution in [-0.4, -0.2) is 10.5 Å². The van der Waals surface area contributed by atoms with Gasteiger partial charge in [-0.25, -0.2) is 0 Å². The van der Waals surface area contributed by atoms with Gasteiger partial charge >= 0.3 is 0 Å². The molecule has 1 aromatic rings. The van der Waals surface area contributed by atoms with Crippen LogP contribution in [0.2, 0.25) is 0 Å². The van der Waals surface area contributed by atoms with E-state index in [1.54, 1.807) is 0 Å². The van der Waals surface area contributed by atoms with Gasteiger partial charge in [-0.15, -0.1) is 0 Å². The summed E-state index contributed by atoms with van der Waals surface area (Å²) in [7, 11) is 0. The van der Waals surface area contributed by atoms with Gasteiger partial charge in [0.05, 0.1) is 0 Å². The molecule has 3 N–H and O–H groups in total. The first-order valence-electron chi connectivity index (χ1n) is 3.37. The van der Waals surface area contributed by atoms with Crippen molar-refractivity contribution >= 4 is 13.5 Å². The summed E-state index contributed by atoms with van der Waals surface area (Å²) in [5, 5.41) is 0. The molecule has 0 spiro atoms. The number of aromatic amines is 1. The van der Waals surface area contributed by atoms with E-state index in [9.17, 15) is 0 Å². The van der Waals surface area contributed by atoms with Gasteiger partial charge in [0.2, 0.25) is 0 Å². The Kier molecular flexibility index (Phi) is 7.57. The second kappa shape index (κ2) is 6.31. The lowest BCUT2D eigenvalue weighted by atomic mass is 10.1. The predicted molar refractivity (Wildman–Crippen MR) is 55.1 cm³/mol. The van der Waals surface area contributed by atoms with E-state index >= 15 is 0 Å². The van der Waals surface area contributed by atoms with Crippen LogP contribution in [0, 0.1) is 0 Å². The normalized spacial score (nSPS) is 9.09. The minimum atomic E-state index is 0. The smallest absolute Gasteiger partial charge is 0.00686 e. The molecule has 0 aliphatic rings. The average Bonchev–Trinajstić information content (AvgIpc) is 2.07. The van der Waals surface area contributed by atoms with Crippen LogP contribution < -0.4 is 5.73 Å². The highest BCUT2D eigenvalue weighted by Gasteiger charge is 1.95. The van der Waals surface area contributed by atoms with Crippen molar-refractivity contribution in [1.29, 1.82) is 0 Å². The first-order valence-corrected chi connectivity index (χ1v) is 3.37. The largest absolute Gasteiger partial charge is 0.368 e. The Morgan fingerprint density at radius 3 is 1.45 bits per heavy atom. The summed E-state index contributed by atoms with van der Waals surface area (Å²) < 4.78 is 0. The highest BCUT2D eigenvalue weighted by molar-refractivity contribution is 7.59. The molecule has 0 atom stereocenters. The van der Waals surface area contributed by atoms with Crippen LogP contribution >= 0.6 is 13.5 Å². The molecule has 0 aliphatic carbocycles. The Morgan fingerprint density at radius 1 is 1.09 bits per heavy atom. The summed E-state index contributed by atoms with van der Waals surface area (Å²) in [5.74, 6) is 0. The highest BCUT2D eigenvalue weighted by Crippen LogP contribution is 1.88. The zero-order chi connectivity index (χ0) is 8.04. The maximum atomic E-state index is 5.35. The average molecular weight is 174 g/mol. The van der Waals surface area contributed by atoms with Gasteiger partial charge in [-0.05, 0) is 32.9 Å². The minimum absolute atomic E-state index is 0. The Hall–Kier alpha value is -0.410. The van der Waals surface area contributed by atoms with E-state index in [4.69, 9.17) is 5.73 Å². The monoisotopic (exact) mass is 174 g/mol. The van der Waals surface area contributed by atoms with Gasteiger partial charge in [0, 0.05) is 17.9 Å². The van der Waals surface area contributed by atoms with E-state index in [2.05, 4.69) is 4.98 Å². The number of hydrogen-bond acceptors (Lipinski definition) is 1. The molecule has 0 radical (unpaired) electrons. The standard InChI is InChI=1S/C4H5N.C4H11N.H2S/c1-2-4-5-3-1;1-4(2,3)5;/h1-5H;5H2,1-3H3;1H2. The molecule has 1 rings (SSSR count). The first-order chi connectivity index (χ1) is 4.50. The lowest BCUT2D eigenvalue weighted by molar-refractivity contribution is 0.580. The van der Waals surface area contributed by atoms with Gasteiger partial charge in [-0.1, -0.05) is 0 Å². The van der Waals surface area contributed by atoms with E-state index in [-0.39, 0.29) is 19.0 Å². The second-order valence-electron chi connectivity index (χ2n) is 3.25. The van der Waals surface area contributed by atoms with Crippen molar-refractivity contribution in [3.63, 3.8) is 0 Å². The molecule has 2 nitrogen and oxygen atoms in total. The first kappa shape index (κ1) is 13.2. The van der Waals surface area contributed by atoms with Crippen molar-refractivity contribution in [2.45, 2.75) is 26.3 Å². The summed E-state index contributed by atoms with van der Waals surface area (Å²) in [6.07, 6.45) is 3.75. The van der Waals surface area contributed by atoms with Crippen LogP contribution in [0.1, 0.15) is 20.8 Å². The van der Waals surface area contributed by atoms with Crippen LogP contribution in [0.15, 0.2) is 24.5 Å². The highest BCUT2D eigenvalue weighted by atomic mass is 32.1. The van der Waals surface area contributed by atoms with Crippen molar-refractivity contribution in [2.75, 3.05) is 0 Å². The number of aromatic nitrogens is 1. The van der Waals surface area contributed by atoms with Crippen LogP contribution in [0.4, 0.5) is 0 Å². The van der Waals surface area contributed by atoms with Crippen LogP contribution in [0.5, 0.6) is 0 Å². The zero-order valence-electron chi connectivity index (χ0n) is 7.39. The predicted octanol–water partition coefficient (Wildman–Crippen LogP) is 1.87. The lowest BCUT2D eigenvalue weighted by Gasteiger charge is -2.06. The second-order valence-corrected chi connectivity index (χ2v) is 3.25. The fraction of sp³-hybridized carbons (Fsp3) is 0.500. The van der Waals surface area contributed by atoms with Crippen molar-refractivity contribution in [3.05, 3.63) is 24.5 Å². The quantitative estimate of drug-likeness (QED) is 0.619. The molecule has 66 valence electrons. The molecular weight excluding hydrogens is 156 g/mol. The van der Waals surface area contributed by atoms with Gasteiger partial charge in [0.1, 0.15) is 0 Å². The van der Waals surface area contributed by atoms with Crippen LogP contribution in [-0.2, 0) is 0 Å². The van der Waals surface area contributed by atoms with Gasteiger partial charge in [0.25, 0.3) is 0 Å². The number of H-pyrrole nitrogens is 1. The molecule has 0 bridgehead atoms. The molecule has 1 aromatic heterocycles. The van der Waals surface area contributed by atoms with E-state index in [1.165, 1.54) is 0 Å². The van der Waals surface area contributed by atoms with E-state index in [0.717, 1.165) is 0 Å². The third-order valence-corrected chi connectivity index (χ3v) is 0.496. The van der Waals surface area contributed by atoms with Gasteiger partial charge < -0.3 is 10.7 Å². The maximum absolute atomic E-state index is 5.35. The van der Waals surface area contributed by atoms with Gasteiger partial charge in [-0.3, -0.25) is 0 Å². The summed E-state index contributed by atoms with van der Waals surface area (Å²) in [6, 6.07) is 3.89. The summed E-state index contributed by atoms with van der Waals surface area (Å²) >= 11 is 0. The van der Waals surface area contributed by atoms with Crippen molar-refractivity contribution < 1.29 is 0 Å². The zero-order valence-corrected chi connectivity index (χ0v) is 8.39. The molecular formula is C8H18N2S. The number of hydrogen-bond donors (Lipinski definition) is 2. The summed E-state index contributed by atoms with van der Waals surface area (Å²) in [5.41, 5.74) is 5.35. The number of nitrogens with two attached hydrogens (primary N) is 1. The van der Waals surface area contributed by atoms with Crippen molar-refractivity contribution in [3.8, 4) is 0 Å². The van der Waals surface area contributed by atoms with Crippen LogP contribution in [0.25, 0.3) is 0 Å². The van der Waals surface area contributed by atoms with E-state index < -0.39 is 0 Å². The Morgan fingerprint density at radius 2 is 1.36 bits per heavy atom. The van der Waals surface area contributed by atoms with Crippen molar-refractivity contribution in [2.24, 2.45) is 5.73 Å². The maximum Gasteiger partial charge on any atom is 0.00686 e. The molecule has 1 heterocycles. The lowest BCUT2D eigenvalue weighted by Crippen LogP contribution is -2.26. The summed E-state index contributed by atoms with van der Waals surface area (Å²) in [6.45, 7) is 5.90. The molecule has 0 unspecified atom stereocenters. The third kappa shape index (κ3) is 26.2. The SMILES string of the molecule is CC(C)(C)N.S.c1cc[nH]c1. The molecule has 11 heavy (non-hydrogen) atoms. The summed E-state index contributed by atoms with van der Waals surface area (Å²) in [4.78, 5) is 2.86. The van der Waals surface area contributed by atoms with Crippen molar-refractivity contribution in [1.82, 2.24) is 4.98 Å². The van der Waals surface area contributed by atoms with Gasteiger partial charge in [-0.2, -0.15) is 13.5 Å².